The molecule has 1 atom stereocenters. The molecule has 0 bridgehead atoms. The highest BCUT2D eigenvalue weighted by atomic mass is 33.2. The molecule has 0 aromatic rings. The van der Waals surface area contributed by atoms with E-state index in [1.807, 2.05) is 12.2 Å². The van der Waals surface area contributed by atoms with E-state index in [1.165, 1.54) is 0 Å². The van der Waals surface area contributed by atoms with Gasteiger partial charge in [-0.3, -0.25) is 4.79 Å². The van der Waals surface area contributed by atoms with Crippen molar-refractivity contribution in [2.45, 2.75) is 12.8 Å². The molecule has 2 rings (SSSR count). The van der Waals surface area contributed by atoms with Crippen LogP contribution in [0, 0.1) is 0 Å². The summed E-state index contributed by atoms with van der Waals surface area (Å²) in [5.74, 6) is 0.0279. The topological polar surface area (TPSA) is 41.1 Å². The second-order valence-electron chi connectivity index (χ2n) is 3.29. The van der Waals surface area contributed by atoms with Crippen molar-refractivity contribution in [3.8, 4) is 0 Å². The average Bonchev–Trinajstić information content (AvgIpc) is 2.24. The summed E-state index contributed by atoms with van der Waals surface area (Å²) >= 11 is 0. The largest absolute Gasteiger partial charge is 0.358 e. The van der Waals surface area contributed by atoms with E-state index in [-0.39, 0.29) is 11.7 Å². The molecule has 0 aromatic carbocycles. The third-order valence-corrected chi connectivity index (χ3v) is 6.52. The molecule has 0 aromatic heterocycles. The molecule has 2 N–H and O–H groups in total. The molecular weight excluding hydrogens is 235 g/mol. The van der Waals surface area contributed by atoms with Gasteiger partial charge in [0.05, 0.1) is 26.0 Å². The summed E-state index contributed by atoms with van der Waals surface area (Å²) in [6.45, 7) is 0. The van der Waals surface area contributed by atoms with Gasteiger partial charge in [-0.25, -0.2) is 0 Å². The zero-order valence-corrected chi connectivity index (χ0v) is 10.0. The number of nitrogens with one attached hydrogen (secondary N) is 2. The van der Waals surface area contributed by atoms with Gasteiger partial charge < -0.3 is 10.0 Å². The van der Waals surface area contributed by atoms with Crippen molar-refractivity contribution in [2.75, 3.05) is 12.8 Å². The minimum atomic E-state index is -2.45. The summed E-state index contributed by atoms with van der Waals surface area (Å²) in [5.41, 5.74) is 0.920. The summed E-state index contributed by atoms with van der Waals surface area (Å²) in [5, 5.41) is 2.48. The average molecular weight is 248 g/mol. The zero-order chi connectivity index (χ0) is 10.9. The van der Waals surface area contributed by atoms with E-state index in [0.29, 0.717) is 0 Å². The predicted octanol–water partition coefficient (Wildman–Crippen LogP) is 2.15. The maximum absolute atomic E-state index is 14.2. The fraction of sp³-hybridized carbons (Fsp3) is 0.444. The van der Waals surface area contributed by atoms with E-state index in [1.54, 1.807) is 7.05 Å². The molecular formula is C9H13FN2OS2. The van der Waals surface area contributed by atoms with Crippen molar-refractivity contribution in [3.63, 3.8) is 0 Å². The number of carbonyl (C=O) groups is 1. The van der Waals surface area contributed by atoms with Crippen LogP contribution in [-0.4, -0.2) is 18.7 Å². The SMILES string of the molecule is CNC(=O)CSS1(F)NC2=CCCC=C21. The molecule has 15 heavy (non-hydrogen) atoms. The van der Waals surface area contributed by atoms with E-state index in [4.69, 9.17) is 0 Å². The Hall–Kier alpha value is -0.620. The Morgan fingerprint density at radius 1 is 1.67 bits per heavy atom. The molecule has 1 aliphatic heterocycles. The number of hydrogen-bond acceptors (Lipinski definition) is 3. The van der Waals surface area contributed by atoms with Crippen molar-refractivity contribution in [3.05, 3.63) is 22.8 Å². The Morgan fingerprint density at radius 2 is 2.40 bits per heavy atom. The molecule has 3 nitrogen and oxygen atoms in total. The van der Waals surface area contributed by atoms with Crippen molar-refractivity contribution in [2.24, 2.45) is 0 Å². The minimum Gasteiger partial charge on any atom is -0.358 e. The van der Waals surface area contributed by atoms with E-state index < -0.39 is 9.63 Å². The molecule has 84 valence electrons. The van der Waals surface area contributed by atoms with Crippen molar-refractivity contribution >= 4 is 26.3 Å². The van der Waals surface area contributed by atoms with Crippen LogP contribution in [0.1, 0.15) is 12.8 Å². The second-order valence-corrected chi connectivity index (χ2v) is 7.51. The van der Waals surface area contributed by atoms with Gasteiger partial charge in [0.1, 0.15) is 0 Å². The number of rotatable bonds is 3. The first kappa shape index (κ1) is 10.9. The maximum atomic E-state index is 14.2. The van der Waals surface area contributed by atoms with Gasteiger partial charge in [-0.2, -0.15) is 3.89 Å². The second kappa shape index (κ2) is 4.09. The number of hydrogen-bond donors (Lipinski definition) is 2. The maximum Gasteiger partial charge on any atom is 0.230 e. The molecule has 1 amide bonds. The van der Waals surface area contributed by atoms with Crippen molar-refractivity contribution in [1.82, 2.24) is 10.0 Å². The van der Waals surface area contributed by atoms with Gasteiger partial charge in [0.2, 0.25) is 5.91 Å². The minimum absolute atomic E-state index is 0.139. The Labute approximate surface area is 93.7 Å². The highest BCUT2D eigenvalue weighted by Gasteiger charge is 2.42. The lowest BCUT2D eigenvalue weighted by atomic mass is 10.1. The lowest BCUT2D eigenvalue weighted by molar-refractivity contribution is -0.118. The van der Waals surface area contributed by atoms with E-state index in [0.717, 1.165) is 34.2 Å². The molecule has 1 aliphatic carbocycles. The van der Waals surface area contributed by atoms with Gasteiger partial charge in [0.15, 0.2) is 0 Å². The molecule has 1 unspecified atom stereocenters. The third-order valence-electron chi connectivity index (χ3n) is 2.27. The lowest BCUT2D eigenvalue weighted by Gasteiger charge is -2.45. The Bertz CT molecular complexity index is 356. The Kier molecular flexibility index (Phi) is 2.97. The Morgan fingerprint density at radius 3 is 3.07 bits per heavy atom. The fourth-order valence-electron chi connectivity index (χ4n) is 1.44. The van der Waals surface area contributed by atoms with E-state index in [9.17, 15) is 8.68 Å². The van der Waals surface area contributed by atoms with Crippen LogP contribution in [0.5, 0.6) is 0 Å². The highest BCUT2D eigenvalue weighted by molar-refractivity contribution is 8.93. The van der Waals surface area contributed by atoms with Crippen LogP contribution in [0.3, 0.4) is 0 Å². The summed E-state index contributed by atoms with van der Waals surface area (Å²) in [6.07, 6.45) is 5.83. The first-order chi connectivity index (χ1) is 7.15. The molecule has 1 saturated heterocycles. The van der Waals surface area contributed by atoms with Gasteiger partial charge in [0, 0.05) is 7.05 Å². The molecule has 0 radical (unpaired) electrons. The van der Waals surface area contributed by atoms with E-state index >= 15 is 0 Å². The quantitative estimate of drug-likeness (QED) is 0.752. The van der Waals surface area contributed by atoms with Gasteiger partial charge in [-0.05, 0) is 23.6 Å². The van der Waals surface area contributed by atoms with Crippen molar-refractivity contribution < 1.29 is 8.68 Å². The highest BCUT2D eigenvalue weighted by Crippen LogP contribution is 2.73. The lowest BCUT2D eigenvalue weighted by Crippen LogP contribution is -2.32. The Balaban J connectivity index is 1.96. The summed E-state index contributed by atoms with van der Waals surface area (Å²) in [6, 6.07) is 0. The van der Waals surface area contributed by atoms with Gasteiger partial charge in [0.25, 0.3) is 0 Å². The van der Waals surface area contributed by atoms with Crippen LogP contribution in [0.25, 0.3) is 0 Å². The summed E-state index contributed by atoms with van der Waals surface area (Å²) < 4.78 is 17.0. The third kappa shape index (κ3) is 2.01. The standard InChI is InChI=1S/C9H13FN2OS2/c1-11-9(13)6-14-15(10)8-5-3-2-4-7(8)12-15/h4-5,12H,2-3,6H2,1H3,(H,11,13). The number of allylic oxidation sites excluding steroid dienone is 2. The normalized spacial score (nSPS) is 32.1. The smallest absolute Gasteiger partial charge is 0.230 e. The molecule has 1 fully saturated rings. The predicted molar refractivity (Wildman–Crippen MR) is 63.8 cm³/mol. The van der Waals surface area contributed by atoms with Crippen LogP contribution in [-0.2, 0) is 4.79 Å². The first-order valence-corrected chi connectivity index (χ1v) is 7.76. The number of carbonyl (C=O) groups excluding carboxylic acids is 1. The van der Waals surface area contributed by atoms with Gasteiger partial charge >= 0.3 is 0 Å². The van der Waals surface area contributed by atoms with Crippen LogP contribution in [0.15, 0.2) is 22.8 Å². The summed E-state index contributed by atoms with van der Waals surface area (Å²) in [7, 11) is 0.180. The molecule has 6 heteroatoms. The number of amides is 1. The summed E-state index contributed by atoms with van der Waals surface area (Å²) in [4.78, 5) is 11.8. The molecule has 2 aliphatic rings. The van der Waals surface area contributed by atoms with E-state index in [2.05, 4.69) is 10.0 Å². The number of fused-ring (bicyclic) bond motifs is 1. The number of halogens is 1. The fourth-order valence-corrected chi connectivity index (χ4v) is 5.33. The monoisotopic (exact) mass is 248 g/mol. The molecule has 0 spiro atoms. The van der Waals surface area contributed by atoms with Crippen LogP contribution < -0.4 is 10.0 Å². The van der Waals surface area contributed by atoms with Crippen LogP contribution in [0.2, 0.25) is 0 Å². The molecule has 1 heterocycles. The van der Waals surface area contributed by atoms with Gasteiger partial charge in [-0.15, -0.1) is 0 Å². The van der Waals surface area contributed by atoms with Crippen LogP contribution in [0.4, 0.5) is 3.89 Å². The molecule has 0 saturated carbocycles. The zero-order valence-electron chi connectivity index (χ0n) is 8.38. The van der Waals surface area contributed by atoms with Crippen LogP contribution >= 0.6 is 20.4 Å². The van der Waals surface area contributed by atoms with Crippen molar-refractivity contribution in [1.29, 1.82) is 0 Å². The van der Waals surface area contributed by atoms with Gasteiger partial charge in [-0.1, -0.05) is 12.2 Å². The first-order valence-electron chi connectivity index (χ1n) is 4.72.